The topological polar surface area (TPSA) is 52.6 Å². The smallest absolute Gasteiger partial charge is 0.251 e. The van der Waals surface area contributed by atoms with E-state index in [2.05, 4.69) is 5.32 Å². The molecule has 19 heavy (non-hydrogen) atoms. The maximum Gasteiger partial charge on any atom is 0.251 e. The molecule has 0 radical (unpaired) electrons. The van der Waals surface area contributed by atoms with Crippen LogP contribution in [-0.2, 0) is 0 Å². The van der Waals surface area contributed by atoms with Gasteiger partial charge in [0.2, 0.25) is 0 Å². The Kier molecular flexibility index (Phi) is 4.43. The average molecular weight is 262 g/mol. The van der Waals surface area contributed by atoms with Gasteiger partial charge in [-0.15, -0.1) is 0 Å². The Hall–Kier alpha value is -1.55. The zero-order valence-electron chi connectivity index (χ0n) is 11.6. The molecule has 1 saturated carbocycles. The van der Waals surface area contributed by atoms with Gasteiger partial charge in [-0.25, -0.2) is 0 Å². The van der Waals surface area contributed by atoms with E-state index in [-0.39, 0.29) is 11.9 Å². The van der Waals surface area contributed by atoms with Gasteiger partial charge in [-0.3, -0.25) is 4.79 Å². The number of hydrogen-bond donors (Lipinski definition) is 2. The van der Waals surface area contributed by atoms with Crippen LogP contribution in [0, 0.1) is 0 Å². The minimum Gasteiger partial charge on any atom is -0.391 e. The van der Waals surface area contributed by atoms with Gasteiger partial charge in [-0.05, 0) is 31.0 Å². The predicted molar refractivity (Wildman–Crippen MR) is 76.5 cm³/mol. The number of anilines is 1. The number of aliphatic hydroxyl groups excluding tert-OH is 1. The van der Waals surface area contributed by atoms with Gasteiger partial charge in [-0.1, -0.05) is 18.9 Å². The molecule has 0 unspecified atom stereocenters. The summed E-state index contributed by atoms with van der Waals surface area (Å²) in [6, 6.07) is 7.40. The fourth-order valence-corrected chi connectivity index (χ4v) is 2.46. The summed E-state index contributed by atoms with van der Waals surface area (Å²) in [7, 11) is 3.89. The molecule has 1 fully saturated rings. The number of rotatable bonds is 3. The molecule has 1 aliphatic carbocycles. The van der Waals surface area contributed by atoms with Gasteiger partial charge in [0.25, 0.3) is 5.91 Å². The molecule has 0 spiro atoms. The van der Waals surface area contributed by atoms with E-state index in [1.165, 1.54) is 0 Å². The second-order valence-electron chi connectivity index (χ2n) is 5.38. The number of hydrogen-bond acceptors (Lipinski definition) is 3. The molecule has 0 aliphatic heterocycles. The normalized spacial score (nSPS) is 22.9. The highest BCUT2D eigenvalue weighted by Crippen LogP contribution is 2.19. The van der Waals surface area contributed by atoms with Gasteiger partial charge in [-0.2, -0.15) is 0 Å². The van der Waals surface area contributed by atoms with Gasteiger partial charge < -0.3 is 15.3 Å². The number of aliphatic hydroxyl groups is 1. The van der Waals surface area contributed by atoms with Gasteiger partial charge in [0.15, 0.2) is 0 Å². The Bertz CT molecular complexity index is 446. The number of amides is 1. The number of carbonyl (C=O) groups excluding carboxylic acids is 1. The van der Waals surface area contributed by atoms with Crippen molar-refractivity contribution in [1.82, 2.24) is 5.32 Å². The summed E-state index contributed by atoms with van der Waals surface area (Å²) in [4.78, 5) is 14.2. The van der Waals surface area contributed by atoms with Crippen LogP contribution in [0.3, 0.4) is 0 Å². The minimum absolute atomic E-state index is 0.102. The van der Waals surface area contributed by atoms with E-state index in [9.17, 15) is 9.90 Å². The van der Waals surface area contributed by atoms with Gasteiger partial charge in [0, 0.05) is 25.3 Å². The monoisotopic (exact) mass is 262 g/mol. The molecule has 104 valence electrons. The van der Waals surface area contributed by atoms with E-state index < -0.39 is 6.10 Å². The summed E-state index contributed by atoms with van der Waals surface area (Å²) in [5.41, 5.74) is 1.64. The molecule has 1 aromatic rings. The lowest BCUT2D eigenvalue weighted by Crippen LogP contribution is -2.45. The molecule has 4 nitrogen and oxygen atoms in total. The lowest BCUT2D eigenvalue weighted by Gasteiger charge is -2.28. The van der Waals surface area contributed by atoms with Crippen LogP contribution in [0.15, 0.2) is 24.3 Å². The first-order valence-corrected chi connectivity index (χ1v) is 6.84. The molecule has 1 aromatic carbocycles. The summed E-state index contributed by atoms with van der Waals surface area (Å²) < 4.78 is 0. The van der Waals surface area contributed by atoms with Crippen molar-refractivity contribution in [2.75, 3.05) is 19.0 Å². The summed E-state index contributed by atoms with van der Waals surface area (Å²) in [5, 5.41) is 12.8. The molecule has 2 atom stereocenters. The number of nitrogens with zero attached hydrogens (tertiary/aromatic N) is 1. The van der Waals surface area contributed by atoms with Gasteiger partial charge in [0.05, 0.1) is 12.1 Å². The summed E-state index contributed by atoms with van der Waals surface area (Å²) in [5.74, 6) is -0.102. The van der Waals surface area contributed by atoms with Crippen molar-refractivity contribution in [3.8, 4) is 0 Å². The van der Waals surface area contributed by atoms with Crippen LogP contribution in [0.1, 0.15) is 36.0 Å². The first kappa shape index (κ1) is 13.9. The third-order valence-corrected chi connectivity index (χ3v) is 3.67. The van der Waals surface area contributed by atoms with Gasteiger partial charge in [0.1, 0.15) is 0 Å². The van der Waals surface area contributed by atoms with Crippen molar-refractivity contribution in [2.45, 2.75) is 37.8 Å². The zero-order chi connectivity index (χ0) is 13.8. The highest BCUT2D eigenvalue weighted by Gasteiger charge is 2.24. The standard InChI is InChI=1S/C15H22N2O2/c1-17(2)12-7-5-6-11(10-12)15(19)16-13-8-3-4-9-14(13)18/h5-7,10,13-14,18H,3-4,8-9H2,1-2H3,(H,16,19)/t13-,14-/m0/s1. The van der Waals surface area contributed by atoms with Crippen molar-refractivity contribution in [1.29, 1.82) is 0 Å². The maximum atomic E-state index is 12.2. The zero-order valence-corrected chi connectivity index (χ0v) is 11.6. The summed E-state index contributed by atoms with van der Waals surface area (Å²) >= 11 is 0. The van der Waals surface area contributed by atoms with E-state index >= 15 is 0 Å². The molecular formula is C15H22N2O2. The molecule has 1 amide bonds. The second-order valence-corrected chi connectivity index (χ2v) is 5.38. The predicted octanol–water partition coefficient (Wildman–Crippen LogP) is 1.79. The van der Waals surface area contributed by atoms with Crippen LogP contribution < -0.4 is 10.2 Å². The lowest BCUT2D eigenvalue weighted by atomic mass is 9.92. The Labute approximate surface area is 114 Å². The highest BCUT2D eigenvalue weighted by molar-refractivity contribution is 5.95. The molecule has 0 bridgehead atoms. The third-order valence-electron chi connectivity index (χ3n) is 3.67. The first-order valence-electron chi connectivity index (χ1n) is 6.84. The first-order chi connectivity index (χ1) is 9.08. The quantitative estimate of drug-likeness (QED) is 0.873. The van der Waals surface area contributed by atoms with Crippen LogP contribution in [0.2, 0.25) is 0 Å². The Balaban J connectivity index is 2.05. The molecule has 2 N–H and O–H groups in total. The van der Waals surface area contributed by atoms with Crippen molar-refractivity contribution in [3.05, 3.63) is 29.8 Å². The maximum absolute atomic E-state index is 12.2. The van der Waals surface area contributed by atoms with E-state index in [0.29, 0.717) is 5.56 Å². The minimum atomic E-state index is -0.408. The fourth-order valence-electron chi connectivity index (χ4n) is 2.46. The molecule has 1 aliphatic rings. The van der Waals surface area contributed by atoms with E-state index in [1.54, 1.807) is 6.07 Å². The number of benzene rings is 1. The molecular weight excluding hydrogens is 240 g/mol. The average Bonchev–Trinajstić information content (AvgIpc) is 2.41. The molecule has 0 saturated heterocycles. The number of carbonyl (C=O) groups is 1. The Morgan fingerprint density at radius 1 is 1.32 bits per heavy atom. The second kappa shape index (κ2) is 6.06. The van der Waals surface area contributed by atoms with Crippen LogP contribution in [0.4, 0.5) is 5.69 Å². The Morgan fingerprint density at radius 3 is 2.74 bits per heavy atom. The third kappa shape index (κ3) is 3.47. The van der Waals surface area contributed by atoms with E-state index in [4.69, 9.17) is 0 Å². The highest BCUT2D eigenvalue weighted by atomic mass is 16.3. The summed E-state index contributed by atoms with van der Waals surface area (Å²) in [6.45, 7) is 0. The van der Waals surface area contributed by atoms with Crippen LogP contribution >= 0.6 is 0 Å². The number of nitrogens with one attached hydrogen (secondary N) is 1. The Morgan fingerprint density at radius 2 is 2.05 bits per heavy atom. The fraction of sp³-hybridized carbons (Fsp3) is 0.533. The van der Waals surface area contributed by atoms with Crippen LogP contribution in [0.25, 0.3) is 0 Å². The van der Waals surface area contributed by atoms with Gasteiger partial charge >= 0.3 is 0 Å². The van der Waals surface area contributed by atoms with Crippen LogP contribution in [0.5, 0.6) is 0 Å². The van der Waals surface area contributed by atoms with Crippen molar-refractivity contribution in [3.63, 3.8) is 0 Å². The molecule has 2 rings (SSSR count). The molecule has 0 heterocycles. The lowest BCUT2D eigenvalue weighted by molar-refractivity contribution is 0.0717. The van der Waals surface area contributed by atoms with Crippen molar-refractivity contribution >= 4 is 11.6 Å². The molecule has 4 heteroatoms. The van der Waals surface area contributed by atoms with Crippen LogP contribution in [-0.4, -0.2) is 37.3 Å². The largest absolute Gasteiger partial charge is 0.391 e. The van der Waals surface area contributed by atoms with Crippen molar-refractivity contribution in [2.24, 2.45) is 0 Å². The van der Waals surface area contributed by atoms with E-state index in [1.807, 2.05) is 37.2 Å². The van der Waals surface area contributed by atoms with E-state index in [0.717, 1.165) is 31.4 Å². The summed E-state index contributed by atoms with van der Waals surface area (Å²) in [6.07, 6.45) is 3.35. The molecule has 0 aromatic heterocycles. The SMILES string of the molecule is CN(C)c1cccc(C(=O)N[C@H]2CCCC[C@@H]2O)c1. The van der Waals surface area contributed by atoms with Crippen molar-refractivity contribution < 1.29 is 9.90 Å².